The van der Waals surface area contributed by atoms with Crippen LogP contribution in [0.3, 0.4) is 0 Å². The van der Waals surface area contributed by atoms with Gasteiger partial charge in [0.25, 0.3) is 5.91 Å². The van der Waals surface area contributed by atoms with E-state index in [-0.39, 0.29) is 28.8 Å². The van der Waals surface area contributed by atoms with E-state index in [0.717, 1.165) is 16.9 Å². The van der Waals surface area contributed by atoms with Crippen LogP contribution in [0.15, 0.2) is 36.4 Å². The Kier molecular flexibility index (Phi) is 4.64. The van der Waals surface area contributed by atoms with Gasteiger partial charge >= 0.3 is 5.97 Å². The molecular weight excluding hydrogens is 333 g/mol. The van der Waals surface area contributed by atoms with Gasteiger partial charge in [-0.3, -0.25) is 4.79 Å². The standard InChI is InChI=1S/C17H16FNO4S/c1-10-8-19(16(20)14-6-7-15(24-14)17(21)22)9-13(23-10)11-2-4-12(18)5-3-11/h2-7,10,13H,8-9H2,1H3,(H,21,22). The first kappa shape index (κ1) is 16.6. The summed E-state index contributed by atoms with van der Waals surface area (Å²) in [6.45, 7) is 2.64. The van der Waals surface area contributed by atoms with Crippen molar-refractivity contribution in [2.24, 2.45) is 0 Å². The molecular formula is C17H16FNO4S. The van der Waals surface area contributed by atoms with E-state index in [2.05, 4.69) is 0 Å². The average molecular weight is 349 g/mol. The third-order valence-corrected chi connectivity index (χ3v) is 4.88. The number of carbonyl (C=O) groups excluding carboxylic acids is 1. The molecule has 7 heteroatoms. The first-order chi connectivity index (χ1) is 11.4. The minimum Gasteiger partial charge on any atom is -0.477 e. The molecule has 5 nitrogen and oxygen atoms in total. The number of thiophene rings is 1. The smallest absolute Gasteiger partial charge is 0.345 e. The largest absolute Gasteiger partial charge is 0.477 e. The van der Waals surface area contributed by atoms with E-state index < -0.39 is 5.97 Å². The van der Waals surface area contributed by atoms with Crippen LogP contribution < -0.4 is 0 Å². The summed E-state index contributed by atoms with van der Waals surface area (Å²) in [6, 6.07) is 8.98. The number of benzene rings is 1. The van der Waals surface area contributed by atoms with Crippen molar-refractivity contribution in [1.82, 2.24) is 4.90 Å². The Morgan fingerprint density at radius 2 is 1.83 bits per heavy atom. The van der Waals surface area contributed by atoms with E-state index in [1.807, 2.05) is 6.92 Å². The molecule has 2 atom stereocenters. The lowest BCUT2D eigenvalue weighted by Crippen LogP contribution is -2.45. The summed E-state index contributed by atoms with van der Waals surface area (Å²) in [7, 11) is 0. The lowest BCUT2D eigenvalue weighted by atomic mass is 10.1. The van der Waals surface area contributed by atoms with Crippen molar-refractivity contribution in [1.29, 1.82) is 0 Å². The predicted octanol–water partition coefficient (Wildman–Crippen LogP) is 3.19. The molecule has 0 saturated carbocycles. The number of carboxylic acids is 1. The fourth-order valence-corrected chi connectivity index (χ4v) is 3.52. The summed E-state index contributed by atoms with van der Waals surface area (Å²) in [5, 5.41) is 8.98. The number of halogens is 1. The van der Waals surface area contributed by atoms with Crippen LogP contribution >= 0.6 is 11.3 Å². The van der Waals surface area contributed by atoms with Gasteiger partial charge in [-0.2, -0.15) is 0 Å². The predicted molar refractivity (Wildman–Crippen MR) is 86.9 cm³/mol. The van der Waals surface area contributed by atoms with Gasteiger partial charge in [0.15, 0.2) is 0 Å². The highest BCUT2D eigenvalue weighted by Crippen LogP contribution is 2.27. The van der Waals surface area contributed by atoms with E-state index in [4.69, 9.17) is 9.84 Å². The van der Waals surface area contributed by atoms with Crippen LogP contribution in [0.1, 0.15) is 37.9 Å². The Morgan fingerprint density at radius 1 is 1.17 bits per heavy atom. The van der Waals surface area contributed by atoms with Crippen molar-refractivity contribution in [3.63, 3.8) is 0 Å². The highest BCUT2D eigenvalue weighted by molar-refractivity contribution is 7.15. The molecule has 3 rings (SSSR count). The van der Waals surface area contributed by atoms with Gasteiger partial charge in [0.2, 0.25) is 0 Å². The molecule has 1 saturated heterocycles. The monoisotopic (exact) mass is 349 g/mol. The minimum atomic E-state index is -1.04. The molecule has 24 heavy (non-hydrogen) atoms. The summed E-state index contributed by atoms with van der Waals surface area (Å²) in [6.07, 6.45) is -0.506. The van der Waals surface area contributed by atoms with Gasteiger partial charge in [0, 0.05) is 6.54 Å². The first-order valence-electron chi connectivity index (χ1n) is 7.47. The second kappa shape index (κ2) is 6.70. The quantitative estimate of drug-likeness (QED) is 0.924. The Morgan fingerprint density at radius 3 is 2.46 bits per heavy atom. The van der Waals surface area contributed by atoms with E-state index >= 15 is 0 Å². The molecule has 0 spiro atoms. The molecule has 1 amide bonds. The highest BCUT2D eigenvalue weighted by Gasteiger charge is 2.30. The summed E-state index contributed by atoms with van der Waals surface area (Å²) < 4.78 is 18.9. The molecule has 2 unspecified atom stereocenters. The summed E-state index contributed by atoms with van der Waals surface area (Å²) in [5.41, 5.74) is 0.804. The van der Waals surface area contributed by atoms with Crippen molar-refractivity contribution >= 4 is 23.2 Å². The molecule has 0 radical (unpaired) electrons. The van der Waals surface area contributed by atoms with E-state index in [9.17, 15) is 14.0 Å². The van der Waals surface area contributed by atoms with E-state index in [1.165, 1.54) is 24.3 Å². The number of carbonyl (C=O) groups is 2. The summed E-state index contributed by atoms with van der Waals surface area (Å²) in [5.74, 6) is -1.58. The number of nitrogens with zero attached hydrogens (tertiary/aromatic N) is 1. The Balaban J connectivity index is 1.78. The molecule has 1 aliphatic heterocycles. The van der Waals surface area contributed by atoms with Crippen LogP contribution in [0, 0.1) is 5.82 Å². The third-order valence-electron chi connectivity index (χ3n) is 3.82. The van der Waals surface area contributed by atoms with Gasteiger partial charge in [-0.1, -0.05) is 12.1 Å². The topological polar surface area (TPSA) is 66.8 Å². The normalized spacial score (nSPS) is 20.8. The van der Waals surface area contributed by atoms with Crippen molar-refractivity contribution in [3.8, 4) is 0 Å². The van der Waals surface area contributed by atoms with Gasteiger partial charge in [-0.25, -0.2) is 9.18 Å². The number of rotatable bonds is 3. The number of ether oxygens (including phenoxy) is 1. The Labute approximate surface area is 142 Å². The maximum Gasteiger partial charge on any atom is 0.345 e. The second-order valence-electron chi connectivity index (χ2n) is 5.67. The number of aromatic carboxylic acids is 1. The summed E-state index contributed by atoms with van der Waals surface area (Å²) >= 11 is 0.962. The fraction of sp³-hybridized carbons (Fsp3) is 0.294. The van der Waals surface area contributed by atoms with Crippen molar-refractivity contribution in [2.75, 3.05) is 13.1 Å². The molecule has 0 aliphatic carbocycles. The lowest BCUT2D eigenvalue weighted by molar-refractivity contribution is -0.0690. The Bertz CT molecular complexity index is 758. The van der Waals surface area contributed by atoms with Gasteiger partial charge in [-0.15, -0.1) is 11.3 Å². The Hall–Kier alpha value is -2.25. The molecule has 2 aromatic rings. The van der Waals surface area contributed by atoms with Crippen LogP contribution in [0.2, 0.25) is 0 Å². The van der Waals surface area contributed by atoms with Crippen molar-refractivity contribution < 1.29 is 23.8 Å². The van der Waals surface area contributed by atoms with Gasteiger partial charge in [0.1, 0.15) is 16.8 Å². The molecule has 1 fully saturated rings. The number of carboxylic acid groups (broad SMARTS) is 1. The van der Waals surface area contributed by atoms with Crippen molar-refractivity contribution in [3.05, 3.63) is 57.5 Å². The highest BCUT2D eigenvalue weighted by atomic mass is 32.1. The molecule has 126 valence electrons. The zero-order valence-corrected chi connectivity index (χ0v) is 13.8. The van der Waals surface area contributed by atoms with E-state index in [0.29, 0.717) is 18.0 Å². The molecule has 1 aromatic carbocycles. The van der Waals surface area contributed by atoms with Gasteiger partial charge in [0.05, 0.1) is 17.5 Å². The third kappa shape index (κ3) is 3.47. The number of hydrogen-bond donors (Lipinski definition) is 1. The van der Waals surface area contributed by atoms with Crippen LogP contribution in [0.4, 0.5) is 4.39 Å². The molecule has 1 aliphatic rings. The average Bonchev–Trinajstić information content (AvgIpc) is 3.04. The number of hydrogen-bond acceptors (Lipinski definition) is 4. The fourth-order valence-electron chi connectivity index (χ4n) is 2.70. The summed E-state index contributed by atoms with van der Waals surface area (Å²) in [4.78, 5) is 25.8. The number of morpholine rings is 1. The molecule has 1 aromatic heterocycles. The van der Waals surface area contributed by atoms with E-state index in [1.54, 1.807) is 17.0 Å². The van der Waals surface area contributed by atoms with Crippen LogP contribution in [0.25, 0.3) is 0 Å². The number of amides is 1. The van der Waals surface area contributed by atoms with Crippen LogP contribution in [-0.2, 0) is 4.74 Å². The van der Waals surface area contributed by atoms with Crippen molar-refractivity contribution in [2.45, 2.75) is 19.1 Å². The van der Waals surface area contributed by atoms with Crippen LogP contribution in [-0.4, -0.2) is 41.1 Å². The maximum atomic E-state index is 13.1. The maximum absolute atomic E-state index is 13.1. The zero-order chi connectivity index (χ0) is 17.3. The second-order valence-corrected chi connectivity index (χ2v) is 6.75. The lowest BCUT2D eigenvalue weighted by Gasteiger charge is -2.36. The molecule has 0 bridgehead atoms. The molecule has 1 N–H and O–H groups in total. The van der Waals surface area contributed by atoms with Gasteiger partial charge in [-0.05, 0) is 36.8 Å². The minimum absolute atomic E-state index is 0.134. The van der Waals surface area contributed by atoms with Crippen LogP contribution in [0.5, 0.6) is 0 Å². The SMILES string of the molecule is CC1CN(C(=O)c2ccc(C(=O)O)s2)CC(c2ccc(F)cc2)O1. The molecule has 2 heterocycles. The zero-order valence-electron chi connectivity index (χ0n) is 12.9. The van der Waals surface area contributed by atoms with Gasteiger partial charge < -0.3 is 14.7 Å². The first-order valence-corrected chi connectivity index (χ1v) is 8.29.